The van der Waals surface area contributed by atoms with Gasteiger partial charge in [-0.2, -0.15) is 0 Å². The molecule has 27 heavy (non-hydrogen) atoms. The van der Waals surface area contributed by atoms with Crippen LogP contribution >= 0.6 is 0 Å². The van der Waals surface area contributed by atoms with E-state index < -0.39 is 11.6 Å². The first-order chi connectivity index (χ1) is 13.1. The average Bonchev–Trinajstić information content (AvgIpc) is 3.18. The summed E-state index contributed by atoms with van der Waals surface area (Å²) >= 11 is 0. The van der Waals surface area contributed by atoms with Gasteiger partial charge in [-0.15, -0.1) is 0 Å². The third kappa shape index (κ3) is 3.71. The van der Waals surface area contributed by atoms with Crippen molar-refractivity contribution in [3.8, 4) is 16.9 Å². The molecule has 0 bridgehead atoms. The number of aromatic nitrogens is 1. The highest BCUT2D eigenvalue weighted by Crippen LogP contribution is 2.34. The zero-order valence-electron chi connectivity index (χ0n) is 15.0. The predicted octanol–water partition coefficient (Wildman–Crippen LogP) is 4.78. The molecule has 0 radical (unpaired) electrons. The van der Waals surface area contributed by atoms with Gasteiger partial charge in [0.05, 0.1) is 13.2 Å². The maximum atomic E-state index is 13.7. The quantitative estimate of drug-likeness (QED) is 0.702. The van der Waals surface area contributed by atoms with Crippen molar-refractivity contribution in [2.75, 3.05) is 25.6 Å². The Morgan fingerprint density at radius 1 is 1.15 bits per heavy atom. The first-order valence-electron chi connectivity index (χ1n) is 8.93. The molecule has 0 amide bonds. The van der Waals surface area contributed by atoms with Gasteiger partial charge in [-0.1, -0.05) is 0 Å². The molecule has 140 valence electrons. The Morgan fingerprint density at radius 3 is 2.67 bits per heavy atom. The lowest BCUT2D eigenvalue weighted by Crippen LogP contribution is -2.19. The zero-order chi connectivity index (χ0) is 18.8. The number of nitrogens with zero attached hydrogens (tertiary/aromatic N) is 1. The fraction of sp³-hybridized carbons (Fsp3) is 0.286. The lowest BCUT2D eigenvalue weighted by atomic mass is 10.00. The molecule has 1 aliphatic heterocycles. The number of rotatable bonds is 5. The number of benzene rings is 2. The molecule has 2 aromatic carbocycles. The molecule has 0 aliphatic carbocycles. The molecule has 3 aromatic rings. The normalized spacial score (nSPS) is 16.6. The smallest absolute Gasteiger partial charge is 0.133 e. The number of anilines is 1. The van der Waals surface area contributed by atoms with Gasteiger partial charge in [-0.3, -0.25) is 0 Å². The van der Waals surface area contributed by atoms with Gasteiger partial charge in [-0.25, -0.2) is 13.8 Å². The summed E-state index contributed by atoms with van der Waals surface area (Å²) in [7, 11) is 1.58. The second kappa shape index (κ2) is 7.48. The van der Waals surface area contributed by atoms with Gasteiger partial charge < -0.3 is 14.8 Å². The van der Waals surface area contributed by atoms with Gasteiger partial charge in [0.2, 0.25) is 0 Å². The fourth-order valence-electron chi connectivity index (χ4n) is 3.44. The molecule has 4 rings (SSSR count). The molecule has 1 saturated heterocycles. The van der Waals surface area contributed by atoms with Crippen LogP contribution in [0.25, 0.3) is 21.9 Å². The van der Waals surface area contributed by atoms with E-state index in [1.807, 2.05) is 18.2 Å². The maximum Gasteiger partial charge on any atom is 0.133 e. The number of hydrogen-bond acceptors (Lipinski definition) is 4. The molecule has 1 fully saturated rings. The minimum absolute atomic E-state index is 0.178. The first-order valence-corrected chi connectivity index (χ1v) is 8.93. The Bertz CT molecular complexity index is 952. The van der Waals surface area contributed by atoms with E-state index in [0.717, 1.165) is 36.3 Å². The van der Waals surface area contributed by atoms with Gasteiger partial charge in [0, 0.05) is 36.4 Å². The van der Waals surface area contributed by atoms with E-state index in [-0.39, 0.29) is 6.10 Å². The van der Waals surface area contributed by atoms with E-state index in [0.29, 0.717) is 29.2 Å². The Labute approximate surface area is 156 Å². The second-order valence-corrected chi connectivity index (χ2v) is 6.61. The monoisotopic (exact) mass is 370 g/mol. The van der Waals surface area contributed by atoms with Crippen LogP contribution in [0.1, 0.15) is 12.8 Å². The Hall–Kier alpha value is -2.73. The molecule has 6 heteroatoms. The second-order valence-electron chi connectivity index (χ2n) is 6.61. The van der Waals surface area contributed by atoms with Crippen molar-refractivity contribution < 1.29 is 18.3 Å². The third-order valence-corrected chi connectivity index (χ3v) is 4.79. The molecular formula is C21H20F2N2O2. The summed E-state index contributed by atoms with van der Waals surface area (Å²) in [6.45, 7) is 1.46. The van der Waals surface area contributed by atoms with Crippen molar-refractivity contribution in [3.63, 3.8) is 0 Å². The average molecular weight is 370 g/mol. The summed E-state index contributed by atoms with van der Waals surface area (Å²) < 4.78 is 38.4. The molecule has 1 aliphatic rings. The standard InChI is InChI=1S/C21H20F2N2O2/c1-26-16-4-5-18-19(10-16)20(13-7-14(22)9-15(23)8-13)12-25-21(18)24-11-17-3-2-6-27-17/h4-5,7-10,12,17H,2-3,6,11H2,1H3,(H,24,25). The lowest BCUT2D eigenvalue weighted by Gasteiger charge is -2.15. The molecule has 1 atom stereocenters. The van der Waals surface area contributed by atoms with E-state index in [2.05, 4.69) is 10.3 Å². The number of pyridine rings is 1. The summed E-state index contributed by atoms with van der Waals surface area (Å²) in [6, 6.07) is 9.07. The van der Waals surface area contributed by atoms with Crippen LogP contribution in [0.3, 0.4) is 0 Å². The van der Waals surface area contributed by atoms with Gasteiger partial charge in [0.25, 0.3) is 0 Å². The Balaban J connectivity index is 1.78. The molecule has 1 aromatic heterocycles. The number of nitrogens with one attached hydrogen (secondary N) is 1. The minimum atomic E-state index is -0.623. The molecule has 1 N–H and O–H groups in total. The number of methoxy groups -OCH3 is 1. The fourth-order valence-corrected chi connectivity index (χ4v) is 3.44. The van der Waals surface area contributed by atoms with E-state index in [4.69, 9.17) is 9.47 Å². The Morgan fingerprint density at radius 2 is 1.96 bits per heavy atom. The SMILES string of the molecule is COc1ccc2c(NCC3CCCO3)ncc(-c3cc(F)cc(F)c3)c2c1. The first kappa shape index (κ1) is 17.7. The van der Waals surface area contributed by atoms with E-state index in [1.165, 1.54) is 12.1 Å². The van der Waals surface area contributed by atoms with Crippen LogP contribution in [0, 0.1) is 11.6 Å². The lowest BCUT2D eigenvalue weighted by molar-refractivity contribution is 0.120. The molecule has 0 spiro atoms. The van der Waals surface area contributed by atoms with Crippen molar-refractivity contribution >= 4 is 16.6 Å². The Kier molecular flexibility index (Phi) is 4.90. The van der Waals surface area contributed by atoms with E-state index >= 15 is 0 Å². The molecule has 2 heterocycles. The predicted molar refractivity (Wildman–Crippen MR) is 101 cm³/mol. The number of hydrogen-bond donors (Lipinski definition) is 1. The van der Waals surface area contributed by atoms with Gasteiger partial charge in [-0.05, 0) is 54.1 Å². The third-order valence-electron chi connectivity index (χ3n) is 4.79. The van der Waals surface area contributed by atoms with Gasteiger partial charge in [0.1, 0.15) is 23.2 Å². The topological polar surface area (TPSA) is 43.4 Å². The summed E-state index contributed by atoms with van der Waals surface area (Å²) in [4.78, 5) is 4.51. The zero-order valence-corrected chi connectivity index (χ0v) is 15.0. The van der Waals surface area contributed by atoms with Crippen molar-refractivity contribution in [3.05, 3.63) is 54.2 Å². The van der Waals surface area contributed by atoms with Crippen LogP contribution in [-0.2, 0) is 4.74 Å². The van der Waals surface area contributed by atoms with E-state index in [9.17, 15) is 8.78 Å². The summed E-state index contributed by atoms with van der Waals surface area (Å²) in [5.74, 6) is 0.129. The van der Waals surface area contributed by atoms with Crippen LogP contribution in [0.5, 0.6) is 5.75 Å². The highest BCUT2D eigenvalue weighted by atomic mass is 19.1. The van der Waals surface area contributed by atoms with Crippen molar-refractivity contribution in [1.29, 1.82) is 0 Å². The molecule has 1 unspecified atom stereocenters. The highest BCUT2D eigenvalue weighted by Gasteiger charge is 2.17. The largest absolute Gasteiger partial charge is 0.497 e. The number of halogens is 2. The van der Waals surface area contributed by atoms with Crippen LogP contribution in [0.4, 0.5) is 14.6 Å². The van der Waals surface area contributed by atoms with Crippen LogP contribution in [-0.4, -0.2) is 31.3 Å². The molecular weight excluding hydrogens is 350 g/mol. The van der Waals surface area contributed by atoms with Gasteiger partial charge >= 0.3 is 0 Å². The van der Waals surface area contributed by atoms with Crippen molar-refractivity contribution in [2.45, 2.75) is 18.9 Å². The van der Waals surface area contributed by atoms with Gasteiger partial charge in [0.15, 0.2) is 0 Å². The summed E-state index contributed by atoms with van der Waals surface area (Å²) in [5, 5.41) is 5.01. The van der Waals surface area contributed by atoms with E-state index in [1.54, 1.807) is 13.3 Å². The summed E-state index contributed by atoms with van der Waals surface area (Å²) in [6.07, 6.45) is 3.91. The van der Waals surface area contributed by atoms with Crippen molar-refractivity contribution in [1.82, 2.24) is 4.98 Å². The van der Waals surface area contributed by atoms with Crippen LogP contribution in [0.15, 0.2) is 42.6 Å². The minimum Gasteiger partial charge on any atom is -0.497 e. The van der Waals surface area contributed by atoms with Crippen LogP contribution < -0.4 is 10.1 Å². The maximum absolute atomic E-state index is 13.7. The van der Waals surface area contributed by atoms with Crippen molar-refractivity contribution in [2.24, 2.45) is 0 Å². The molecule has 0 saturated carbocycles. The van der Waals surface area contributed by atoms with Crippen LogP contribution in [0.2, 0.25) is 0 Å². The highest BCUT2D eigenvalue weighted by molar-refractivity contribution is 6.02. The molecule has 4 nitrogen and oxygen atoms in total. The number of ether oxygens (including phenoxy) is 2. The number of fused-ring (bicyclic) bond motifs is 1. The summed E-state index contributed by atoms with van der Waals surface area (Å²) in [5.41, 5.74) is 1.08.